The van der Waals surface area contributed by atoms with Crippen LogP contribution < -0.4 is 4.90 Å². The highest BCUT2D eigenvalue weighted by Crippen LogP contribution is 2.41. The van der Waals surface area contributed by atoms with Gasteiger partial charge in [-0.1, -0.05) is 110 Å². The second kappa shape index (κ2) is 12.2. The van der Waals surface area contributed by atoms with Gasteiger partial charge < -0.3 is 9.80 Å². The molecule has 0 radical (unpaired) electrons. The van der Waals surface area contributed by atoms with Gasteiger partial charge in [0.15, 0.2) is 0 Å². The van der Waals surface area contributed by atoms with Gasteiger partial charge in [0.1, 0.15) is 0 Å². The zero-order valence-corrected chi connectivity index (χ0v) is 25.5. The van der Waals surface area contributed by atoms with E-state index < -0.39 is 0 Å². The number of anilines is 1. The highest BCUT2D eigenvalue weighted by Gasteiger charge is 2.23. The molecule has 4 rings (SSSR count). The molecular weight excluding hydrogens is 474 g/mol. The van der Waals surface area contributed by atoms with Gasteiger partial charge in [-0.15, -0.1) is 0 Å². The Bertz CT molecular complexity index is 1290. The van der Waals surface area contributed by atoms with Crippen LogP contribution in [0.2, 0.25) is 0 Å². The van der Waals surface area contributed by atoms with Gasteiger partial charge in [0.25, 0.3) is 0 Å². The monoisotopic (exact) mass is 521 g/mol. The topological polar surface area (TPSA) is 18.8 Å². The van der Waals surface area contributed by atoms with Crippen LogP contribution in [0.4, 0.5) is 11.4 Å². The van der Waals surface area contributed by atoms with Crippen molar-refractivity contribution in [2.75, 3.05) is 18.1 Å². The Hall–Kier alpha value is -3.33. The maximum Gasteiger partial charge on any atom is 0.0946 e. The number of hydrogen-bond acceptors (Lipinski definition) is 3. The zero-order chi connectivity index (χ0) is 28.3. The lowest BCUT2D eigenvalue weighted by Gasteiger charge is -2.28. The molecule has 0 saturated heterocycles. The van der Waals surface area contributed by atoms with Crippen LogP contribution in [0.5, 0.6) is 0 Å². The molecule has 3 nitrogen and oxygen atoms in total. The van der Waals surface area contributed by atoms with Crippen molar-refractivity contribution in [3.05, 3.63) is 95.3 Å². The summed E-state index contributed by atoms with van der Waals surface area (Å²) in [6.45, 7) is 22.1. The molecule has 0 N–H and O–H groups in total. The van der Waals surface area contributed by atoms with E-state index in [1.165, 1.54) is 39.1 Å². The summed E-state index contributed by atoms with van der Waals surface area (Å²) in [7, 11) is 0. The quantitative estimate of drug-likeness (QED) is 0.261. The Morgan fingerprint density at radius 1 is 0.667 bits per heavy atom. The summed E-state index contributed by atoms with van der Waals surface area (Å²) >= 11 is 0. The van der Waals surface area contributed by atoms with Crippen molar-refractivity contribution >= 4 is 17.1 Å². The van der Waals surface area contributed by atoms with E-state index in [2.05, 4.69) is 145 Å². The van der Waals surface area contributed by atoms with Crippen LogP contribution in [-0.2, 0) is 0 Å². The lowest BCUT2D eigenvalue weighted by molar-refractivity contribution is 0.461. The summed E-state index contributed by atoms with van der Waals surface area (Å²) in [6, 6.07) is 22.2. The summed E-state index contributed by atoms with van der Waals surface area (Å²) < 4.78 is 0. The first kappa shape index (κ1) is 28.7. The maximum atomic E-state index is 5.21. The normalized spacial score (nSPS) is 14.1. The number of rotatable bonds is 9. The standard InChI is InChI=1S/C36H47N3/c1-24(2)29-15-12-16-30(25(3)4)35(29)33-14-10-11-19-34(33)37-28(9)22-38-20-21-39(23-38)36-31(26(5)6)17-13-18-32(36)27(7)8/h10-21,24-27H,22-23H2,1-9H3. The van der Waals surface area contributed by atoms with Gasteiger partial charge in [-0.2, -0.15) is 0 Å². The van der Waals surface area contributed by atoms with Crippen LogP contribution in [-0.4, -0.2) is 23.8 Å². The van der Waals surface area contributed by atoms with E-state index in [-0.39, 0.29) is 0 Å². The average molecular weight is 522 g/mol. The highest BCUT2D eigenvalue weighted by atomic mass is 15.3. The van der Waals surface area contributed by atoms with Gasteiger partial charge in [0, 0.05) is 29.4 Å². The second-order valence-corrected chi connectivity index (χ2v) is 12.2. The molecule has 0 bridgehead atoms. The second-order valence-electron chi connectivity index (χ2n) is 12.2. The number of nitrogens with zero attached hydrogens (tertiary/aromatic N) is 3. The zero-order valence-electron chi connectivity index (χ0n) is 25.5. The molecule has 39 heavy (non-hydrogen) atoms. The molecule has 3 heteroatoms. The fraction of sp³-hybridized carbons (Fsp3) is 0.417. The van der Waals surface area contributed by atoms with Crippen molar-refractivity contribution in [1.29, 1.82) is 0 Å². The van der Waals surface area contributed by atoms with Gasteiger partial charge in [-0.25, -0.2) is 0 Å². The first-order valence-corrected chi connectivity index (χ1v) is 14.7. The molecule has 0 spiro atoms. The van der Waals surface area contributed by atoms with Crippen molar-refractivity contribution in [2.24, 2.45) is 4.99 Å². The molecule has 0 aromatic heterocycles. The van der Waals surface area contributed by atoms with E-state index in [1.54, 1.807) is 0 Å². The summed E-state index contributed by atoms with van der Waals surface area (Å²) in [5.74, 6) is 1.85. The van der Waals surface area contributed by atoms with Crippen molar-refractivity contribution < 1.29 is 0 Å². The maximum absolute atomic E-state index is 5.21. The lowest BCUT2D eigenvalue weighted by Crippen LogP contribution is -2.30. The molecule has 3 aromatic carbocycles. The molecule has 0 atom stereocenters. The Morgan fingerprint density at radius 3 is 1.72 bits per heavy atom. The summed E-state index contributed by atoms with van der Waals surface area (Å²) in [4.78, 5) is 9.99. The van der Waals surface area contributed by atoms with E-state index in [1.807, 2.05) is 0 Å². The molecule has 1 aliphatic rings. The lowest BCUT2D eigenvalue weighted by atomic mass is 9.84. The third-order valence-corrected chi connectivity index (χ3v) is 7.71. The Labute approximate surface area is 237 Å². The molecule has 1 aliphatic heterocycles. The van der Waals surface area contributed by atoms with E-state index in [0.717, 1.165) is 24.6 Å². The number of para-hydroxylation sites is 2. The first-order valence-electron chi connectivity index (χ1n) is 14.7. The van der Waals surface area contributed by atoms with Crippen LogP contribution >= 0.6 is 0 Å². The SMILES string of the molecule is CC(CN1C=CN(c2c(C(C)C)cccc2C(C)C)C1)=Nc1ccccc1-c1c(C(C)C)cccc1C(C)C. The van der Waals surface area contributed by atoms with Gasteiger partial charge in [0.2, 0.25) is 0 Å². The van der Waals surface area contributed by atoms with Crippen LogP contribution in [0.1, 0.15) is 108 Å². The van der Waals surface area contributed by atoms with Crippen LogP contribution in [0.3, 0.4) is 0 Å². The minimum Gasteiger partial charge on any atom is -0.353 e. The summed E-state index contributed by atoms with van der Waals surface area (Å²) in [5, 5.41) is 0. The van der Waals surface area contributed by atoms with Crippen molar-refractivity contribution in [3.8, 4) is 11.1 Å². The molecule has 0 aliphatic carbocycles. The Balaban J connectivity index is 1.62. The third kappa shape index (κ3) is 6.30. The highest BCUT2D eigenvalue weighted by molar-refractivity contribution is 5.90. The third-order valence-electron chi connectivity index (χ3n) is 7.71. The van der Waals surface area contributed by atoms with Gasteiger partial charge in [-0.3, -0.25) is 4.99 Å². The molecule has 0 unspecified atom stereocenters. The first-order chi connectivity index (χ1) is 18.6. The number of hydrogen-bond donors (Lipinski definition) is 0. The number of benzene rings is 3. The van der Waals surface area contributed by atoms with Gasteiger partial charge >= 0.3 is 0 Å². The molecule has 1 heterocycles. The predicted molar refractivity (Wildman–Crippen MR) is 171 cm³/mol. The largest absolute Gasteiger partial charge is 0.353 e. The minimum atomic E-state index is 0.446. The van der Waals surface area contributed by atoms with E-state index >= 15 is 0 Å². The van der Waals surface area contributed by atoms with Crippen molar-refractivity contribution in [3.63, 3.8) is 0 Å². The van der Waals surface area contributed by atoms with E-state index in [0.29, 0.717) is 23.7 Å². The predicted octanol–water partition coefficient (Wildman–Crippen LogP) is 10.2. The van der Waals surface area contributed by atoms with Crippen molar-refractivity contribution in [1.82, 2.24) is 4.90 Å². The fourth-order valence-electron chi connectivity index (χ4n) is 5.74. The van der Waals surface area contributed by atoms with Gasteiger partial charge in [-0.05, 0) is 64.5 Å². The Kier molecular flexibility index (Phi) is 9.00. The summed E-state index contributed by atoms with van der Waals surface area (Å²) in [5.41, 5.74) is 11.7. The van der Waals surface area contributed by atoms with E-state index in [4.69, 9.17) is 4.99 Å². The summed E-state index contributed by atoms with van der Waals surface area (Å²) in [6.07, 6.45) is 4.46. The molecule has 0 amide bonds. The number of aliphatic imine (C=N–C) groups is 1. The van der Waals surface area contributed by atoms with Crippen molar-refractivity contribution in [2.45, 2.75) is 86.0 Å². The fourth-order valence-corrected chi connectivity index (χ4v) is 5.74. The van der Waals surface area contributed by atoms with Gasteiger partial charge in [0.05, 0.1) is 18.9 Å². The van der Waals surface area contributed by atoms with E-state index in [9.17, 15) is 0 Å². The van der Waals surface area contributed by atoms with Crippen LogP contribution in [0, 0.1) is 0 Å². The molecule has 0 saturated carbocycles. The smallest absolute Gasteiger partial charge is 0.0946 e. The minimum absolute atomic E-state index is 0.446. The molecule has 206 valence electrons. The molecular formula is C36H47N3. The Morgan fingerprint density at radius 2 is 1.18 bits per heavy atom. The molecule has 3 aromatic rings. The van der Waals surface area contributed by atoms with Crippen LogP contribution in [0.25, 0.3) is 11.1 Å². The molecule has 0 fully saturated rings. The van der Waals surface area contributed by atoms with Crippen LogP contribution in [0.15, 0.2) is 78.1 Å². The average Bonchev–Trinajstić information content (AvgIpc) is 3.35.